The van der Waals surface area contributed by atoms with Gasteiger partial charge in [-0.3, -0.25) is 0 Å². The standard InChI is InChI=1S/C10H14N2O3S/c1-5-6(2)16-10(11-5)12-4-7(13)3-8(12)9(14)15/h7-8,13H,3-4H2,1-2H3,(H,14,15). The average Bonchev–Trinajstić information content (AvgIpc) is 2.71. The topological polar surface area (TPSA) is 73.7 Å². The van der Waals surface area contributed by atoms with Crippen LogP contribution in [0.25, 0.3) is 0 Å². The summed E-state index contributed by atoms with van der Waals surface area (Å²) in [5.74, 6) is -0.901. The van der Waals surface area contributed by atoms with Gasteiger partial charge in [-0.1, -0.05) is 0 Å². The van der Waals surface area contributed by atoms with Crippen LogP contribution in [0.2, 0.25) is 0 Å². The maximum Gasteiger partial charge on any atom is 0.326 e. The fourth-order valence-electron chi connectivity index (χ4n) is 1.84. The molecule has 0 bridgehead atoms. The molecule has 6 heteroatoms. The molecule has 1 aromatic rings. The van der Waals surface area contributed by atoms with Crippen molar-refractivity contribution in [2.24, 2.45) is 0 Å². The Morgan fingerprint density at radius 1 is 1.56 bits per heavy atom. The number of aliphatic hydroxyl groups excluding tert-OH is 1. The molecule has 5 nitrogen and oxygen atoms in total. The van der Waals surface area contributed by atoms with E-state index in [-0.39, 0.29) is 6.42 Å². The second kappa shape index (κ2) is 4.03. The van der Waals surface area contributed by atoms with Crippen LogP contribution >= 0.6 is 11.3 Å². The number of aryl methyl sites for hydroxylation is 2. The zero-order valence-electron chi connectivity index (χ0n) is 9.17. The van der Waals surface area contributed by atoms with Crippen LogP contribution in [0.1, 0.15) is 17.0 Å². The summed E-state index contributed by atoms with van der Waals surface area (Å²) in [6, 6.07) is -0.653. The van der Waals surface area contributed by atoms with Crippen LogP contribution in [-0.4, -0.2) is 39.9 Å². The molecule has 0 radical (unpaired) electrons. The van der Waals surface area contributed by atoms with Crippen molar-refractivity contribution in [3.63, 3.8) is 0 Å². The summed E-state index contributed by atoms with van der Waals surface area (Å²) < 4.78 is 0. The lowest BCUT2D eigenvalue weighted by molar-refractivity contribution is -0.138. The quantitative estimate of drug-likeness (QED) is 0.802. The first kappa shape index (κ1) is 11.3. The number of aromatic nitrogens is 1. The summed E-state index contributed by atoms with van der Waals surface area (Å²) >= 11 is 1.48. The molecule has 1 aliphatic rings. The van der Waals surface area contributed by atoms with E-state index in [9.17, 15) is 9.90 Å². The van der Waals surface area contributed by atoms with Crippen LogP contribution in [-0.2, 0) is 4.79 Å². The number of hydrogen-bond acceptors (Lipinski definition) is 5. The van der Waals surface area contributed by atoms with Crippen LogP contribution in [0.3, 0.4) is 0 Å². The molecule has 1 aromatic heterocycles. The van der Waals surface area contributed by atoms with Crippen LogP contribution in [0.5, 0.6) is 0 Å². The van der Waals surface area contributed by atoms with Crippen molar-refractivity contribution in [3.8, 4) is 0 Å². The second-order valence-corrected chi connectivity index (χ2v) is 5.22. The highest BCUT2D eigenvalue weighted by Crippen LogP contribution is 2.31. The van der Waals surface area contributed by atoms with Crippen molar-refractivity contribution in [1.29, 1.82) is 0 Å². The third kappa shape index (κ3) is 1.90. The number of anilines is 1. The Hall–Kier alpha value is -1.14. The van der Waals surface area contributed by atoms with Gasteiger partial charge >= 0.3 is 5.97 Å². The van der Waals surface area contributed by atoms with Gasteiger partial charge in [-0.25, -0.2) is 9.78 Å². The second-order valence-electron chi connectivity index (χ2n) is 4.03. The van der Waals surface area contributed by atoms with Crippen LogP contribution in [0.4, 0.5) is 5.13 Å². The lowest BCUT2D eigenvalue weighted by Gasteiger charge is -2.19. The van der Waals surface area contributed by atoms with Crippen LogP contribution in [0.15, 0.2) is 0 Å². The van der Waals surface area contributed by atoms with Gasteiger partial charge in [0.05, 0.1) is 11.8 Å². The molecule has 0 aromatic carbocycles. The van der Waals surface area contributed by atoms with Gasteiger partial charge in [-0.2, -0.15) is 0 Å². The smallest absolute Gasteiger partial charge is 0.326 e. The predicted octanol–water partition coefficient (Wildman–Crippen LogP) is 0.784. The minimum absolute atomic E-state index is 0.271. The van der Waals surface area contributed by atoms with E-state index < -0.39 is 18.1 Å². The lowest BCUT2D eigenvalue weighted by atomic mass is 10.2. The minimum Gasteiger partial charge on any atom is -0.480 e. The van der Waals surface area contributed by atoms with E-state index in [1.807, 2.05) is 13.8 Å². The van der Waals surface area contributed by atoms with Gasteiger partial charge in [0, 0.05) is 17.8 Å². The van der Waals surface area contributed by atoms with Crippen molar-refractivity contribution in [2.45, 2.75) is 32.4 Å². The number of β-amino-alcohol motifs (C(OH)–C–C–N with tert-alkyl or cyclic N) is 1. The van der Waals surface area contributed by atoms with Gasteiger partial charge in [-0.05, 0) is 13.8 Å². The number of aliphatic carboxylic acids is 1. The molecule has 88 valence electrons. The largest absolute Gasteiger partial charge is 0.480 e. The van der Waals surface area contributed by atoms with Crippen LogP contribution < -0.4 is 4.90 Å². The van der Waals surface area contributed by atoms with E-state index >= 15 is 0 Å². The Bertz CT molecular complexity index is 399. The van der Waals surface area contributed by atoms with Crippen LogP contribution in [0, 0.1) is 13.8 Å². The van der Waals surface area contributed by atoms with Gasteiger partial charge in [-0.15, -0.1) is 11.3 Å². The molecule has 1 fully saturated rings. The van der Waals surface area contributed by atoms with Gasteiger partial charge in [0.25, 0.3) is 0 Å². The van der Waals surface area contributed by atoms with E-state index in [1.165, 1.54) is 11.3 Å². The molecule has 1 aliphatic heterocycles. The molecule has 1 saturated heterocycles. The summed E-state index contributed by atoms with van der Waals surface area (Å²) in [4.78, 5) is 18.1. The third-order valence-electron chi connectivity index (χ3n) is 2.83. The van der Waals surface area contributed by atoms with E-state index in [1.54, 1.807) is 4.90 Å². The summed E-state index contributed by atoms with van der Waals surface area (Å²) in [6.07, 6.45) is -0.307. The van der Waals surface area contributed by atoms with Gasteiger partial charge in [0.1, 0.15) is 6.04 Å². The van der Waals surface area contributed by atoms with Gasteiger partial charge < -0.3 is 15.1 Å². The van der Waals surface area contributed by atoms with E-state index in [0.717, 1.165) is 10.6 Å². The summed E-state index contributed by atoms with van der Waals surface area (Å²) in [7, 11) is 0. The summed E-state index contributed by atoms with van der Waals surface area (Å²) in [5.41, 5.74) is 0.922. The first-order valence-corrected chi connectivity index (χ1v) is 5.92. The monoisotopic (exact) mass is 242 g/mol. The fraction of sp³-hybridized carbons (Fsp3) is 0.600. The molecule has 2 atom stereocenters. The van der Waals surface area contributed by atoms with Crippen molar-refractivity contribution < 1.29 is 15.0 Å². The normalized spacial score (nSPS) is 25.1. The molecule has 0 aliphatic carbocycles. The number of hydrogen-bond donors (Lipinski definition) is 2. The fourth-order valence-corrected chi connectivity index (χ4v) is 2.81. The zero-order valence-corrected chi connectivity index (χ0v) is 9.99. The molecule has 2 N–H and O–H groups in total. The molecule has 0 saturated carbocycles. The zero-order chi connectivity index (χ0) is 11.9. The Balaban J connectivity index is 2.28. The van der Waals surface area contributed by atoms with E-state index in [4.69, 9.17) is 5.11 Å². The van der Waals surface area contributed by atoms with Crippen molar-refractivity contribution >= 4 is 22.4 Å². The first-order valence-electron chi connectivity index (χ1n) is 5.10. The Kier molecular flexibility index (Phi) is 2.86. The summed E-state index contributed by atoms with van der Waals surface area (Å²) in [6.45, 7) is 4.21. The van der Waals surface area contributed by atoms with Crippen molar-refractivity contribution in [3.05, 3.63) is 10.6 Å². The molecule has 16 heavy (non-hydrogen) atoms. The third-order valence-corrected chi connectivity index (χ3v) is 3.94. The number of thiazole rings is 1. The number of carboxylic acid groups (broad SMARTS) is 1. The highest BCUT2D eigenvalue weighted by molar-refractivity contribution is 7.15. The highest BCUT2D eigenvalue weighted by atomic mass is 32.1. The number of carbonyl (C=O) groups is 1. The number of rotatable bonds is 2. The average molecular weight is 242 g/mol. The molecule has 2 unspecified atom stereocenters. The van der Waals surface area contributed by atoms with Gasteiger partial charge in [0.15, 0.2) is 5.13 Å². The van der Waals surface area contributed by atoms with E-state index in [0.29, 0.717) is 11.7 Å². The van der Waals surface area contributed by atoms with Gasteiger partial charge in [0.2, 0.25) is 0 Å². The predicted molar refractivity (Wildman–Crippen MR) is 61.0 cm³/mol. The minimum atomic E-state index is -0.901. The maximum absolute atomic E-state index is 11.0. The highest BCUT2D eigenvalue weighted by Gasteiger charge is 2.37. The number of aliphatic hydroxyl groups is 1. The number of nitrogens with zero attached hydrogens (tertiary/aromatic N) is 2. The molecule has 0 spiro atoms. The number of carboxylic acids is 1. The SMILES string of the molecule is Cc1nc(N2CC(O)CC2C(=O)O)sc1C. The van der Waals surface area contributed by atoms with Crippen molar-refractivity contribution in [1.82, 2.24) is 4.98 Å². The lowest BCUT2D eigenvalue weighted by Crippen LogP contribution is -2.35. The van der Waals surface area contributed by atoms with E-state index in [2.05, 4.69) is 4.98 Å². The molecule has 2 heterocycles. The molecular formula is C10H14N2O3S. The van der Waals surface area contributed by atoms with Crippen molar-refractivity contribution in [2.75, 3.05) is 11.4 Å². The Morgan fingerprint density at radius 2 is 2.25 bits per heavy atom. The molecule has 0 amide bonds. The molecule has 2 rings (SSSR count). The maximum atomic E-state index is 11.0. The Labute approximate surface area is 97.4 Å². The first-order chi connectivity index (χ1) is 7.49. The summed E-state index contributed by atoms with van der Waals surface area (Å²) in [5, 5.41) is 19.3. The molecular weight excluding hydrogens is 228 g/mol. The Morgan fingerprint density at radius 3 is 2.75 bits per heavy atom.